The quantitative estimate of drug-likeness (QED) is 0.892. The van der Waals surface area contributed by atoms with E-state index in [4.69, 9.17) is 5.73 Å². The van der Waals surface area contributed by atoms with Crippen molar-refractivity contribution in [3.05, 3.63) is 29.8 Å². The molecular formula is C15H22F2N2O. The van der Waals surface area contributed by atoms with Gasteiger partial charge in [0.2, 0.25) is 0 Å². The average Bonchev–Trinajstić information content (AvgIpc) is 2.37. The van der Waals surface area contributed by atoms with Crippen LogP contribution in [0.5, 0.6) is 0 Å². The Hall–Kier alpha value is -1.20. The zero-order chi connectivity index (χ0) is 14.7. The molecule has 5 heteroatoms. The number of aliphatic hydroxyl groups is 1. The number of halogens is 2. The highest BCUT2D eigenvalue weighted by Crippen LogP contribution is 2.28. The number of nitrogens with zero attached hydrogens (tertiary/aromatic N) is 1. The van der Waals surface area contributed by atoms with Crippen LogP contribution in [0.2, 0.25) is 0 Å². The molecule has 3 atom stereocenters. The van der Waals surface area contributed by atoms with Crippen LogP contribution in [0.1, 0.15) is 26.2 Å². The van der Waals surface area contributed by atoms with E-state index in [1.165, 1.54) is 12.1 Å². The minimum atomic E-state index is -0.578. The molecule has 20 heavy (non-hydrogen) atoms. The molecule has 0 bridgehead atoms. The van der Waals surface area contributed by atoms with Crippen molar-refractivity contribution in [2.45, 2.75) is 38.3 Å². The molecular weight excluding hydrogens is 262 g/mol. The van der Waals surface area contributed by atoms with Gasteiger partial charge in [0.1, 0.15) is 11.6 Å². The number of rotatable bonds is 4. The second kappa shape index (κ2) is 6.50. The number of piperidine rings is 1. The van der Waals surface area contributed by atoms with Crippen LogP contribution in [0.3, 0.4) is 0 Å². The van der Waals surface area contributed by atoms with Gasteiger partial charge in [0.05, 0.1) is 11.8 Å². The summed E-state index contributed by atoms with van der Waals surface area (Å²) >= 11 is 0. The molecule has 0 aliphatic carbocycles. The number of aliphatic hydroxyl groups excluding tert-OH is 1. The molecule has 3 N–H and O–H groups in total. The van der Waals surface area contributed by atoms with E-state index in [9.17, 15) is 13.9 Å². The van der Waals surface area contributed by atoms with Gasteiger partial charge in [0, 0.05) is 25.2 Å². The third kappa shape index (κ3) is 3.67. The van der Waals surface area contributed by atoms with Crippen LogP contribution < -0.4 is 10.6 Å². The summed E-state index contributed by atoms with van der Waals surface area (Å²) in [5.41, 5.74) is 6.42. The van der Waals surface area contributed by atoms with Crippen molar-refractivity contribution < 1.29 is 13.9 Å². The molecule has 1 saturated heterocycles. The minimum absolute atomic E-state index is 0.0535. The third-order valence-corrected chi connectivity index (χ3v) is 3.90. The first-order valence-corrected chi connectivity index (χ1v) is 7.13. The second-order valence-electron chi connectivity index (χ2n) is 5.66. The Labute approximate surface area is 118 Å². The van der Waals surface area contributed by atoms with Crippen LogP contribution in [-0.2, 0) is 0 Å². The van der Waals surface area contributed by atoms with Gasteiger partial charge in [0.15, 0.2) is 0 Å². The van der Waals surface area contributed by atoms with Gasteiger partial charge in [-0.25, -0.2) is 8.78 Å². The average molecular weight is 284 g/mol. The van der Waals surface area contributed by atoms with E-state index in [2.05, 4.69) is 0 Å². The van der Waals surface area contributed by atoms with Gasteiger partial charge >= 0.3 is 0 Å². The van der Waals surface area contributed by atoms with Crippen LogP contribution in [0.25, 0.3) is 0 Å². The van der Waals surface area contributed by atoms with E-state index >= 15 is 0 Å². The van der Waals surface area contributed by atoms with Gasteiger partial charge in [-0.2, -0.15) is 0 Å². The summed E-state index contributed by atoms with van der Waals surface area (Å²) in [6.07, 6.45) is 1.86. The van der Waals surface area contributed by atoms with Crippen molar-refractivity contribution in [1.82, 2.24) is 0 Å². The monoisotopic (exact) mass is 284 g/mol. The maximum absolute atomic E-state index is 13.8. The van der Waals surface area contributed by atoms with E-state index in [0.717, 1.165) is 12.5 Å². The van der Waals surface area contributed by atoms with Crippen molar-refractivity contribution in [2.75, 3.05) is 18.0 Å². The van der Waals surface area contributed by atoms with E-state index in [1.54, 1.807) is 0 Å². The Morgan fingerprint density at radius 3 is 2.80 bits per heavy atom. The van der Waals surface area contributed by atoms with Crippen molar-refractivity contribution in [3.63, 3.8) is 0 Å². The van der Waals surface area contributed by atoms with E-state index < -0.39 is 11.6 Å². The largest absolute Gasteiger partial charge is 0.393 e. The molecule has 0 saturated carbocycles. The maximum Gasteiger partial charge on any atom is 0.149 e. The van der Waals surface area contributed by atoms with Crippen molar-refractivity contribution in [2.24, 2.45) is 11.7 Å². The summed E-state index contributed by atoms with van der Waals surface area (Å²) in [7, 11) is 0. The molecule has 1 aliphatic rings. The van der Waals surface area contributed by atoms with Gasteiger partial charge in [-0.1, -0.05) is 6.92 Å². The molecule has 1 aliphatic heterocycles. The topological polar surface area (TPSA) is 49.5 Å². The fourth-order valence-electron chi connectivity index (χ4n) is 2.90. The fourth-order valence-corrected chi connectivity index (χ4v) is 2.90. The maximum atomic E-state index is 13.8. The lowest BCUT2D eigenvalue weighted by atomic mass is 9.89. The lowest BCUT2D eigenvalue weighted by Gasteiger charge is -2.38. The van der Waals surface area contributed by atoms with E-state index in [0.29, 0.717) is 31.6 Å². The first kappa shape index (κ1) is 15.2. The molecule has 1 aromatic carbocycles. The van der Waals surface area contributed by atoms with Crippen LogP contribution in [-0.4, -0.2) is 30.3 Å². The zero-order valence-electron chi connectivity index (χ0n) is 11.7. The third-order valence-electron chi connectivity index (χ3n) is 3.90. The van der Waals surface area contributed by atoms with Gasteiger partial charge in [-0.3, -0.25) is 0 Å². The molecule has 3 nitrogen and oxygen atoms in total. The number of benzene rings is 1. The molecule has 2 rings (SSSR count). The normalized spacial score (nSPS) is 24.8. The fraction of sp³-hybridized carbons (Fsp3) is 0.600. The van der Waals surface area contributed by atoms with Gasteiger partial charge < -0.3 is 15.7 Å². The first-order chi connectivity index (χ1) is 9.49. The van der Waals surface area contributed by atoms with Crippen molar-refractivity contribution >= 4 is 5.69 Å². The van der Waals surface area contributed by atoms with Crippen LogP contribution in [0, 0.1) is 17.6 Å². The molecule has 0 amide bonds. The molecule has 0 aromatic heterocycles. The lowest BCUT2D eigenvalue weighted by Crippen LogP contribution is -2.48. The molecule has 112 valence electrons. The number of hydrogen-bond donors (Lipinski definition) is 2. The Balaban J connectivity index is 2.11. The van der Waals surface area contributed by atoms with Crippen molar-refractivity contribution in [3.8, 4) is 0 Å². The number of nitrogens with two attached hydrogens (primary N) is 1. The Morgan fingerprint density at radius 1 is 1.40 bits per heavy atom. The van der Waals surface area contributed by atoms with Gasteiger partial charge in [0.25, 0.3) is 0 Å². The molecule has 3 unspecified atom stereocenters. The zero-order valence-corrected chi connectivity index (χ0v) is 11.7. The first-order valence-electron chi connectivity index (χ1n) is 7.13. The van der Waals surface area contributed by atoms with Crippen LogP contribution >= 0.6 is 0 Å². The van der Waals surface area contributed by atoms with Crippen molar-refractivity contribution in [1.29, 1.82) is 0 Å². The van der Waals surface area contributed by atoms with E-state index in [1.807, 2.05) is 11.8 Å². The number of hydrogen-bond acceptors (Lipinski definition) is 3. The summed E-state index contributed by atoms with van der Waals surface area (Å²) in [6.45, 7) is 3.14. The van der Waals surface area contributed by atoms with Crippen LogP contribution in [0.4, 0.5) is 14.5 Å². The summed E-state index contributed by atoms with van der Waals surface area (Å²) in [4.78, 5) is 1.86. The van der Waals surface area contributed by atoms with Gasteiger partial charge in [-0.05, 0) is 37.3 Å². The van der Waals surface area contributed by atoms with E-state index in [-0.39, 0.29) is 18.1 Å². The number of anilines is 1. The highest BCUT2D eigenvalue weighted by molar-refractivity contribution is 5.48. The van der Waals surface area contributed by atoms with Gasteiger partial charge in [-0.15, -0.1) is 0 Å². The van der Waals surface area contributed by atoms with Crippen LogP contribution in [0.15, 0.2) is 18.2 Å². The predicted octanol–water partition coefficient (Wildman–Crippen LogP) is 2.28. The minimum Gasteiger partial charge on any atom is -0.393 e. The Kier molecular flexibility index (Phi) is 4.94. The Morgan fingerprint density at radius 2 is 2.15 bits per heavy atom. The molecule has 0 radical (unpaired) electrons. The summed E-state index contributed by atoms with van der Waals surface area (Å²) in [5.74, 6) is -0.905. The molecule has 0 spiro atoms. The standard InChI is InChI=1S/C15H22F2N2O/c1-2-13(20)6-10-5-12(18)9-19(8-10)15-4-3-11(16)7-14(15)17/h3-4,7,10,12-13,20H,2,5-6,8-9,18H2,1H3. The predicted molar refractivity (Wildman–Crippen MR) is 75.6 cm³/mol. The molecule has 1 heterocycles. The molecule has 1 aromatic rings. The Bertz CT molecular complexity index is 455. The molecule has 1 fully saturated rings. The lowest BCUT2D eigenvalue weighted by molar-refractivity contribution is 0.131. The highest BCUT2D eigenvalue weighted by atomic mass is 19.1. The SMILES string of the molecule is CCC(O)CC1CC(N)CN(c2ccc(F)cc2F)C1. The second-order valence-corrected chi connectivity index (χ2v) is 5.66. The summed E-state index contributed by atoms with van der Waals surface area (Å²) in [5, 5.41) is 9.76. The smallest absolute Gasteiger partial charge is 0.149 e. The highest BCUT2D eigenvalue weighted by Gasteiger charge is 2.27. The summed E-state index contributed by atoms with van der Waals surface area (Å²) in [6, 6.07) is 3.55. The summed E-state index contributed by atoms with van der Waals surface area (Å²) < 4.78 is 26.8.